The molecule has 118 valence electrons. The molecular formula is C18H16FNO3. The third kappa shape index (κ3) is 4.10. The van der Waals surface area contributed by atoms with Gasteiger partial charge in [0.25, 0.3) is 0 Å². The van der Waals surface area contributed by atoms with Crippen molar-refractivity contribution in [3.63, 3.8) is 0 Å². The third-order valence-corrected chi connectivity index (χ3v) is 3.29. The molecule has 1 aliphatic heterocycles. The molecule has 4 nitrogen and oxygen atoms in total. The first kappa shape index (κ1) is 15.1. The molecule has 1 amide bonds. The number of ether oxygens (including phenoxy) is 2. The lowest BCUT2D eigenvalue weighted by Gasteiger charge is -2.09. The van der Waals surface area contributed by atoms with Crippen LogP contribution in [-0.2, 0) is 4.79 Å². The predicted octanol–water partition coefficient (Wildman–Crippen LogP) is 3.64. The van der Waals surface area contributed by atoms with Crippen molar-refractivity contribution in [2.45, 2.75) is 6.42 Å². The van der Waals surface area contributed by atoms with Gasteiger partial charge in [0.15, 0.2) is 11.5 Å². The predicted molar refractivity (Wildman–Crippen MR) is 86.1 cm³/mol. The molecule has 1 N–H and O–H groups in total. The summed E-state index contributed by atoms with van der Waals surface area (Å²) in [5.74, 6) is 0.657. The van der Waals surface area contributed by atoms with Crippen molar-refractivity contribution in [2.24, 2.45) is 0 Å². The van der Waals surface area contributed by atoms with E-state index in [1.165, 1.54) is 18.2 Å². The van der Waals surface area contributed by atoms with E-state index in [2.05, 4.69) is 5.32 Å². The largest absolute Gasteiger partial charge is 0.490 e. The van der Waals surface area contributed by atoms with Crippen molar-refractivity contribution in [3.05, 3.63) is 59.9 Å². The summed E-state index contributed by atoms with van der Waals surface area (Å²) >= 11 is 0. The smallest absolute Gasteiger partial charge is 0.248 e. The second kappa shape index (κ2) is 6.96. The second-order valence-electron chi connectivity index (χ2n) is 5.09. The van der Waals surface area contributed by atoms with Gasteiger partial charge in [-0.1, -0.05) is 12.1 Å². The minimum Gasteiger partial charge on any atom is -0.490 e. The van der Waals surface area contributed by atoms with Crippen LogP contribution in [0.1, 0.15) is 12.0 Å². The van der Waals surface area contributed by atoms with Crippen LogP contribution in [0.3, 0.4) is 0 Å². The Morgan fingerprint density at radius 1 is 1.09 bits per heavy atom. The minimum absolute atomic E-state index is 0.302. The van der Waals surface area contributed by atoms with Crippen molar-refractivity contribution in [1.82, 2.24) is 0 Å². The first-order valence-electron chi connectivity index (χ1n) is 7.35. The van der Waals surface area contributed by atoms with Gasteiger partial charge in [-0.25, -0.2) is 4.39 Å². The molecule has 2 aromatic rings. The summed E-state index contributed by atoms with van der Waals surface area (Å²) in [6.45, 7) is 1.21. The van der Waals surface area contributed by atoms with Crippen molar-refractivity contribution in [3.8, 4) is 11.5 Å². The van der Waals surface area contributed by atoms with E-state index >= 15 is 0 Å². The Balaban J connectivity index is 1.67. The van der Waals surface area contributed by atoms with Crippen molar-refractivity contribution in [1.29, 1.82) is 0 Å². The van der Waals surface area contributed by atoms with Crippen LogP contribution in [0.2, 0.25) is 0 Å². The molecule has 1 heterocycles. The average molecular weight is 313 g/mol. The minimum atomic E-state index is -0.338. The van der Waals surface area contributed by atoms with Crippen LogP contribution in [0.25, 0.3) is 6.08 Å². The lowest BCUT2D eigenvalue weighted by molar-refractivity contribution is -0.111. The number of hydrogen-bond donors (Lipinski definition) is 1. The molecule has 0 atom stereocenters. The molecule has 2 aromatic carbocycles. The van der Waals surface area contributed by atoms with Crippen LogP contribution in [0.5, 0.6) is 11.5 Å². The van der Waals surface area contributed by atoms with Gasteiger partial charge in [0.2, 0.25) is 5.91 Å². The second-order valence-corrected chi connectivity index (χ2v) is 5.09. The maximum absolute atomic E-state index is 13.1. The van der Waals surface area contributed by atoms with E-state index < -0.39 is 0 Å². The number of amides is 1. The van der Waals surface area contributed by atoms with Gasteiger partial charge in [-0.2, -0.15) is 0 Å². The van der Waals surface area contributed by atoms with E-state index in [1.807, 2.05) is 0 Å². The number of anilines is 1. The quantitative estimate of drug-likeness (QED) is 0.880. The molecule has 0 saturated carbocycles. The number of halogens is 1. The van der Waals surface area contributed by atoms with Gasteiger partial charge in [0.1, 0.15) is 5.82 Å². The van der Waals surface area contributed by atoms with Crippen LogP contribution in [0.4, 0.5) is 10.1 Å². The average Bonchev–Trinajstić information content (AvgIpc) is 2.78. The number of fused-ring (bicyclic) bond motifs is 1. The summed E-state index contributed by atoms with van der Waals surface area (Å²) in [4.78, 5) is 11.9. The van der Waals surface area contributed by atoms with Crippen LogP contribution in [-0.4, -0.2) is 19.1 Å². The number of carbonyl (C=O) groups is 1. The Kier molecular flexibility index (Phi) is 4.57. The van der Waals surface area contributed by atoms with E-state index in [1.54, 1.807) is 36.4 Å². The summed E-state index contributed by atoms with van der Waals surface area (Å²) in [6, 6.07) is 11.3. The molecule has 23 heavy (non-hydrogen) atoms. The highest BCUT2D eigenvalue weighted by atomic mass is 19.1. The zero-order valence-electron chi connectivity index (χ0n) is 12.4. The Labute approximate surface area is 133 Å². The molecule has 3 rings (SSSR count). The highest BCUT2D eigenvalue weighted by Crippen LogP contribution is 2.32. The fraction of sp³-hybridized carbons (Fsp3) is 0.167. The summed E-state index contributed by atoms with van der Waals surface area (Å²) in [5, 5.41) is 2.74. The van der Waals surface area contributed by atoms with Crippen molar-refractivity contribution in [2.75, 3.05) is 18.5 Å². The Hall–Kier alpha value is -2.82. The van der Waals surface area contributed by atoms with Crippen LogP contribution in [0, 0.1) is 5.82 Å². The topological polar surface area (TPSA) is 47.6 Å². The summed E-state index contributed by atoms with van der Waals surface area (Å²) < 4.78 is 24.2. The molecule has 1 aliphatic rings. The van der Waals surface area contributed by atoms with Gasteiger partial charge in [-0.15, -0.1) is 0 Å². The molecule has 5 heteroatoms. The lowest BCUT2D eigenvalue weighted by Crippen LogP contribution is -2.08. The van der Waals surface area contributed by atoms with E-state index in [4.69, 9.17) is 9.47 Å². The maximum Gasteiger partial charge on any atom is 0.248 e. The normalized spacial score (nSPS) is 13.6. The maximum atomic E-state index is 13.1. The van der Waals surface area contributed by atoms with E-state index in [9.17, 15) is 9.18 Å². The summed E-state index contributed by atoms with van der Waals surface area (Å²) in [7, 11) is 0. The van der Waals surface area contributed by atoms with E-state index in [0.29, 0.717) is 36.0 Å². The first-order chi connectivity index (χ1) is 11.2. The molecule has 0 aliphatic carbocycles. The number of carbonyl (C=O) groups excluding carboxylic acids is 1. The molecular weight excluding hydrogens is 297 g/mol. The van der Waals surface area contributed by atoms with Crippen molar-refractivity contribution >= 4 is 17.7 Å². The Bertz CT molecular complexity index is 743. The zero-order chi connectivity index (χ0) is 16.1. The number of benzene rings is 2. The van der Waals surface area contributed by atoms with Crippen LogP contribution >= 0.6 is 0 Å². The highest BCUT2D eigenvalue weighted by molar-refractivity contribution is 6.02. The zero-order valence-corrected chi connectivity index (χ0v) is 12.4. The van der Waals surface area contributed by atoms with Gasteiger partial charge in [0.05, 0.1) is 13.2 Å². The van der Waals surface area contributed by atoms with Gasteiger partial charge in [0, 0.05) is 24.3 Å². The third-order valence-electron chi connectivity index (χ3n) is 3.29. The first-order valence-corrected chi connectivity index (χ1v) is 7.35. The van der Waals surface area contributed by atoms with E-state index in [-0.39, 0.29) is 11.7 Å². The summed E-state index contributed by atoms with van der Waals surface area (Å²) in [5.41, 5.74) is 1.24. The molecule has 0 fully saturated rings. The van der Waals surface area contributed by atoms with Crippen LogP contribution in [0.15, 0.2) is 48.5 Å². The van der Waals surface area contributed by atoms with Gasteiger partial charge in [-0.05, 0) is 35.9 Å². The van der Waals surface area contributed by atoms with Crippen molar-refractivity contribution < 1.29 is 18.7 Å². The molecule has 0 saturated heterocycles. The monoisotopic (exact) mass is 313 g/mol. The molecule has 0 aromatic heterocycles. The van der Waals surface area contributed by atoms with Gasteiger partial charge < -0.3 is 14.8 Å². The molecule has 0 unspecified atom stereocenters. The number of hydrogen-bond acceptors (Lipinski definition) is 3. The molecule has 0 spiro atoms. The van der Waals surface area contributed by atoms with Crippen LogP contribution < -0.4 is 14.8 Å². The highest BCUT2D eigenvalue weighted by Gasteiger charge is 2.11. The number of nitrogens with one attached hydrogen (secondary N) is 1. The molecule has 0 radical (unpaired) electrons. The van der Waals surface area contributed by atoms with E-state index in [0.717, 1.165) is 6.42 Å². The summed E-state index contributed by atoms with van der Waals surface area (Å²) in [6.07, 6.45) is 3.74. The number of rotatable bonds is 3. The lowest BCUT2D eigenvalue weighted by atomic mass is 10.2. The van der Waals surface area contributed by atoms with Gasteiger partial charge in [-0.3, -0.25) is 4.79 Å². The van der Waals surface area contributed by atoms with Gasteiger partial charge >= 0.3 is 0 Å². The fourth-order valence-electron chi connectivity index (χ4n) is 2.21. The Morgan fingerprint density at radius 2 is 1.91 bits per heavy atom. The fourth-order valence-corrected chi connectivity index (χ4v) is 2.21. The standard InChI is InChI=1S/C18H16FNO3/c19-14-4-1-3-13(11-14)5-8-18(21)20-15-6-7-16-17(12-15)23-10-2-9-22-16/h1,3-8,11-12H,2,9-10H2,(H,20,21). The Morgan fingerprint density at radius 3 is 2.74 bits per heavy atom. The molecule has 0 bridgehead atoms. The SMILES string of the molecule is O=C(C=Cc1cccc(F)c1)Nc1ccc2c(c1)OCCCO2.